The Hall–Kier alpha value is 0. The molecule has 0 aliphatic rings. The normalized spacial score (nSPS) is 14.9. The molecule has 0 aliphatic heterocycles. The summed E-state index contributed by atoms with van der Waals surface area (Å²) in [4.78, 5) is 0. The SMILES string of the molecule is CCCCCCCCC(C)CCCCCCCC(C)CCCC(C)CCCC. The fraction of sp³-hybridized carbons (Fsp3) is 1.00. The van der Waals surface area contributed by atoms with Gasteiger partial charge in [0.2, 0.25) is 0 Å². The molecule has 3 unspecified atom stereocenters. The molecule has 0 aromatic carbocycles. The minimum absolute atomic E-state index is 0.954. The fourth-order valence-corrected chi connectivity index (χ4v) is 4.59. The molecule has 0 fully saturated rings. The van der Waals surface area contributed by atoms with E-state index in [1.807, 2.05) is 0 Å². The number of hydrogen-bond acceptors (Lipinski definition) is 0. The predicted octanol–water partition coefficient (Wildman–Crippen LogP) is 10.7. The second-order valence-electron chi connectivity index (χ2n) is 10.3. The van der Waals surface area contributed by atoms with Crippen molar-refractivity contribution in [1.82, 2.24) is 0 Å². The zero-order valence-electron chi connectivity index (χ0n) is 20.9. The van der Waals surface area contributed by atoms with E-state index in [0.29, 0.717) is 0 Å². The molecule has 0 amide bonds. The summed E-state index contributed by atoms with van der Waals surface area (Å²) in [5.74, 6) is 2.87. The van der Waals surface area contributed by atoms with Crippen molar-refractivity contribution in [3.8, 4) is 0 Å². The highest BCUT2D eigenvalue weighted by molar-refractivity contribution is 4.59. The molecule has 0 rings (SSSR count). The maximum Gasteiger partial charge on any atom is -0.0443 e. The molecule has 3 atom stereocenters. The Balaban J connectivity index is 3.33. The van der Waals surface area contributed by atoms with E-state index < -0.39 is 0 Å². The van der Waals surface area contributed by atoms with Crippen molar-refractivity contribution in [3.63, 3.8) is 0 Å². The van der Waals surface area contributed by atoms with Gasteiger partial charge in [0.15, 0.2) is 0 Å². The van der Waals surface area contributed by atoms with Crippen molar-refractivity contribution in [2.45, 2.75) is 163 Å². The third kappa shape index (κ3) is 20.7. The molecule has 0 spiro atoms. The largest absolute Gasteiger partial charge is 0.0654 e. The van der Waals surface area contributed by atoms with Crippen molar-refractivity contribution < 1.29 is 0 Å². The van der Waals surface area contributed by atoms with Crippen LogP contribution in [0.3, 0.4) is 0 Å². The van der Waals surface area contributed by atoms with E-state index in [1.54, 1.807) is 0 Å². The summed E-state index contributed by atoms with van der Waals surface area (Å²) in [6, 6.07) is 0. The highest BCUT2D eigenvalue weighted by atomic mass is 14.1. The Kier molecular flexibility index (Phi) is 21.7. The smallest absolute Gasteiger partial charge is 0.0443 e. The zero-order valence-corrected chi connectivity index (χ0v) is 20.9. The summed E-state index contributed by atoms with van der Waals surface area (Å²) in [7, 11) is 0. The minimum atomic E-state index is 0.954. The van der Waals surface area contributed by atoms with Crippen LogP contribution in [0.2, 0.25) is 0 Å². The third-order valence-corrected chi connectivity index (χ3v) is 6.89. The first-order chi connectivity index (χ1) is 13.6. The molecular weight excluding hydrogens is 336 g/mol. The average molecular weight is 395 g/mol. The van der Waals surface area contributed by atoms with Gasteiger partial charge < -0.3 is 0 Å². The van der Waals surface area contributed by atoms with Crippen molar-refractivity contribution in [2.24, 2.45) is 17.8 Å². The molecular formula is C28H58. The van der Waals surface area contributed by atoms with Gasteiger partial charge in [-0.3, -0.25) is 0 Å². The fourth-order valence-electron chi connectivity index (χ4n) is 4.59. The topological polar surface area (TPSA) is 0 Å². The second-order valence-corrected chi connectivity index (χ2v) is 10.3. The number of rotatable bonds is 22. The van der Waals surface area contributed by atoms with E-state index in [1.165, 1.54) is 128 Å². The van der Waals surface area contributed by atoms with Crippen LogP contribution in [0.25, 0.3) is 0 Å². The van der Waals surface area contributed by atoms with Crippen LogP contribution in [0, 0.1) is 17.8 Å². The van der Waals surface area contributed by atoms with Gasteiger partial charge in [-0.1, -0.05) is 163 Å². The Morgan fingerprint density at radius 3 is 1.00 bits per heavy atom. The van der Waals surface area contributed by atoms with E-state index >= 15 is 0 Å². The van der Waals surface area contributed by atoms with Gasteiger partial charge in [-0.05, 0) is 17.8 Å². The van der Waals surface area contributed by atoms with Gasteiger partial charge in [0.1, 0.15) is 0 Å². The van der Waals surface area contributed by atoms with E-state index in [-0.39, 0.29) is 0 Å². The van der Waals surface area contributed by atoms with E-state index in [0.717, 1.165) is 17.8 Å². The quantitative estimate of drug-likeness (QED) is 0.160. The van der Waals surface area contributed by atoms with Gasteiger partial charge in [0.05, 0.1) is 0 Å². The summed E-state index contributed by atoms with van der Waals surface area (Å²) in [5.41, 5.74) is 0. The molecule has 0 aromatic heterocycles. The van der Waals surface area contributed by atoms with Crippen molar-refractivity contribution in [1.29, 1.82) is 0 Å². The van der Waals surface area contributed by atoms with Crippen LogP contribution < -0.4 is 0 Å². The van der Waals surface area contributed by atoms with Crippen molar-refractivity contribution in [3.05, 3.63) is 0 Å². The second kappa shape index (κ2) is 21.7. The highest BCUT2D eigenvalue weighted by Gasteiger charge is 2.06. The van der Waals surface area contributed by atoms with Crippen molar-refractivity contribution >= 4 is 0 Å². The monoisotopic (exact) mass is 394 g/mol. The summed E-state index contributed by atoms with van der Waals surface area (Å²) >= 11 is 0. The predicted molar refractivity (Wildman–Crippen MR) is 131 cm³/mol. The summed E-state index contributed by atoms with van der Waals surface area (Å²) in [5, 5.41) is 0. The van der Waals surface area contributed by atoms with Gasteiger partial charge in [0.25, 0.3) is 0 Å². The summed E-state index contributed by atoms with van der Waals surface area (Å²) in [6.07, 6.45) is 29.1. The van der Waals surface area contributed by atoms with Gasteiger partial charge >= 0.3 is 0 Å². The molecule has 0 aliphatic carbocycles. The molecule has 0 aromatic rings. The third-order valence-electron chi connectivity index (χ3n) is 6.89. The van der Waals surface area contributed by atoms with E-state index in [4.69, 9.17) is 0 Å². The lowest BCUT2D eigenvalue weighted by Gasteiger charge is -2.14. The van der Waals surface area contributed by atoms with Crippen LogP contribution in [0.4, 0.5) is 0 Å². The maximum absolute atomic E-state index is 2.49. The molecule has 0 saturated carbocycles. The Bertz CT molecular complexity index is 282. The van der Waals surface area contributed by atoms with Crippen molar-refractivity contribution in [2.75, 3.05) is 0 Å². The first kappa shape index (κ1) is 28.0. The zero-order chi connectivity index (χ0) is 20.9. The standard InChI is InChI=1S/C28H58/c1-6-8-10-11-13-16-21-27(4)22-17-14-12-15-18-23-28(5)25-19-24-26(3)20-9-7-2/h26-28H,6-25H2,1-5H3. The number of hydrogen-bond donors (Lipinski definition) is 0. The summed E-state index contributed by atoms with van der Waals surface area (Å²) < 4.78 is 0. The van der Waals surface area contributed by atoms with Crippen LogP contribution in [-0.4, -0.2) is 0 Å². The first-order valence-electron chi connectivity index (χ1n) is 13.6. The van der Waals surface area contributed by atoms with Crippen LogP contribution in [0.1, 0.15) is 163 Å². The van der Waals surface area contributed by atoms with Crippen LogP contribution >= 0.6 is 0 Å². The van der Waals surface area contributed by atoms with Crippen LogP contribution in [0.5, 0.6) is 0 Å². The highest BCUT2D eigenvalue weighted by Crippen LogP contribution is 2.22. The molecule has 0 N–H and O–H groups in total. The lowest BCUT2D eigenvalue weighted by Crippen LogP contribution is -1.99. The lowest BCUT2D eigenvalue weighted by atomic mass is 9.92. The average Bonchev–Trinajstić information content (AvgIpc) is 2.68. The van der Waals surface area contributed by atoms with E-state index in [2.05, 4.69) is 34.6 Å². The van der Waals surface area contributed by atoms with E-state index in [9.17, 15) is 0 Å². The first-order valence-corrected chi connectivity index (χ1v) is 13.6. The van der Waals surface area contributed by atoms with Gasteiger partial charge in [-0.25, -0.2) is 0 Å². The molecule has 0 heteroatoms. The van der Waals surface area contributed by atoms with Crippen LogP contribution in [-0.2, 0) is 0 Å². The van der Waals surface area contributed by atoms with Crippen LogP contribution in [0.15, 0.2) is 0 Å². The van der Waals surface area contributed by atoms with Gasteiger partial charge in [-0.2, -0.15) is 0 Å². The molecule has 0 bridgehead atoms. The Morgan fingerprint density at radius 1 is 0.321 bits per heavy atom. The molecule has 170 valence electrons. The van der Waals surface area contributed by atoms with Gasteiger partial charge in [0, 0.05) is 0 Å². The van der Waals surface area contributed by atoms with Gasteiger partial charge in [-0.15, -0.1) is 0 Å². The minimum Gasteiger partial charge on any atom is -0.0654 e. The maximum atomic E-state index is 2.49. The number of unbranched alkanes of at least 4 members (excludes halogenated alkanes) is 10. The molecule has 28 heavy (non-hydrogen) atoms. The molecule has 0 radical (unpaired) electrons. The lowest BCUT2D eigenvalue weighted by molar-refractivity contribution is 0.392. The molecule has 0 saturated heterocycles. The molecule has 0 heterocycles. The Labute approximate surface area is 181 Å². The summed E-state index contributed by atoms with van der Waals surface area (Å²) in [6.45, 7) is 12.0. The molecule has 0 nitrogen and oxygen atoms in total. The Morgan fingerprint density at radius 2 is 0.607 bits per heavy atom.